The number of fused-ring (bicyclic) bond motifs is 2. The highest BCUT2D eigenvalue weighted by molar-refractivity contribution is 6.17. The monoisotopic (exact) mass is 432 g/mol. The summed E-state index contributed by atoms with van der Waals surface area (Å²) in [6.45, 7) is 0.127. The van der Waals surface area contributed by atoms with E-state index in [0.29, 0.717) is 16.5 Å². The lowest BCUT2D eigenvalue weighted by atomic mass is 10.0. The zero-order chi connectivity index (χ0) is 22.4. The second-order valence-electron chi connectivity index (χ2n) is 7.55. The molecule has 5 amide bonds. The van der Waals surface area contributed by atoms with Gasteiger partial charge < -0.3 is 9.42 Å². The van der Waals surface area contributed by atoms with Crippen LogP contribution < -0.4 is 10.6 Å². The van der Waals surface area contributed by atoms with Crippen molar-refractivity contribution in [2.24, 2.45) is 0 Å². The first-order valence-corrected chi connectivity index (χ1v) is 9.90. The number of piperidine rings is 1. The largest absolute Gasteiger partial charge is 0.350 e. The van der Waals surface area contributed by atoms with Crippen LogP contribution in [-0.4, -0.2) is 45.6 Å². The molecule has 2 aromatic carbocycles. The van der Waals surface area contributed by atoms with Crippen molar-refractivity contribution in [3.8, 4) is 0 Å². The van der Waals surface area contributed by atoms with Crippen LogP contribution in [0, 0.1) is 0 Å². The van der Waals surface area contributed by atoms with Gasteiger partial charge in [0.2, 0.25) is 17.6 Å². The number of rotatable bonds is 3. The summed E-state index contributed by atoms with van der Waals surface area (Å²) in [7, 11) is 0. The van der Waals surface area contributed by atoms with Gasteiger partial charge in [-0.05, 0) is 30.2 Å². The molecule has 10 nitrogen and oxygen atoms in total. The molecule has 1 atom stereocenters. The summed E-state index contributed by atoms with van der Waals surface area (Å²) in [5.74, 6) is -3.09. The van der Waals surface area contributed by atoms with Crippen LogP contribution in [0.4, 0.5) is 0 Å². The van der Waals surface area contributed by atoms with Crippen molar-refractivity contribution in [3.05, 3.63) is 64.9 Å². The van der Waals surface area contributed by atoms with Gasteiger partial charge in [0.05, 0.1) is 16.5 Å². The van der Waals surface area contributed by atoms with Crippen LogP contribution in [0.3, 0.4) is 0 Å². The normalized spacial score (nSPS) is 17.9. The molecule has 2 aliphatic rings. The quantitative estimate of drug-likeness (QED) is 0.592. The maximum Gasteiger partial charge on any atom is 0.297 e. The van der Waals surface area contributed by atoms with Crippen molar-refractivity contribution in [2.45, 2.75) is 25.4 Å². The van der Waals surface area contributed by atoms with Gasteiger partial charge in [0.25, 0.3) is 17.7 Å². The summed E-state index contributed by atoms with van der Waals surface area (Å²) in [6.07, 6.45) is 0.340. The summed E-state index contributed by atoms with van der Waals surface area (Å²) < 4.78 is 5.08. The minimum absolute atomic E-state index is 0.0134. The summed E-state index contributed by atoms with van der Waals surface area (Å²) in [4.78, 5) is 63.6. The van der Waals surface area contributed by atoms with Gasteiger partial charge in [-0.1, -0.05) is 29.4 Å². The Hall–Kier alpha value is -4.34. The van der Waals surface area contributed by atoms with Gasteiger partial charge >= 0.3 is 0 Å². The van der Waals surface area contributed by atoms with E-state index in [4.69, 9.17) is 4.52 Å². The second kappa shape index (κ2) is 7.41. The minimum Gasteiger partial charge on any atom is -0.350 e. The highest BCUT2D eigenvalue weighted by Crippen LogP contribution is 2.30. The van der Waals surface area contributed by atoms with Crippen molar-refractivity contribution in [2.75, 3.05) is 0 Å². The Morgan fingerprint density at radius 1 is 1.06 bits per heavy atom. The average molecular weight is 432 g/mol. The lowest BCUT2D eigenvalue weighted by molar-refractivity contribution is -0.136. The number of imide groups is 2. The van der Waals surface area contributed by atoms with Crippen molar-refractivity contribution in [3.63, 3.8) is 0 Å². The van der Waals surface area contributed by atoms with Gasteiger partial charge in [0.1, 0.15) is 11.6 Å². The zero-order valence-electron chi connectivity index (χ0n) is 16.6. The molecular formula is C22H16N4O6. The maximum absolute atomic E-state index is 13.1. The lowest BCUT2D eigenvalue weighted by Gasteiger charge is -2.29. The smallest absolute Gasteiger partial charge is 0.297 e. The molecule has 5 rings (SSSR count). The summed E-state index contributed by atoms with van der Waals surface area (Å²) in [5, 5.41) is 8.73. The molecule has 1 unspecified atom stereocenters. The molecule has 2 aliphatic heterocycles. The number of nitrogens with zero attached hydrogens (tertiary/aromatic N) is 2. The molecule has 10 heteroatoms. The van der Waals surface area contributed by atoms with E-state index in [9.17, 15) is 24.0 Å². The number of amides is 5. The number of nitrogens with one attached hydrogen (secondary N) is 2. The highest BCUT2D eigenvalue weighted by Gasteiger charge is 2.40. The van der Waals surface area contributed by atoms with Crippen LogP contribution >= 0.6 is 0 Å². The van der Waals surface area contributed by atoms with Crippen LogP contribution in [0.1, 0.15) is 49.7 Å². The van der Waals surface area contributed by atoms with Crippen molar-refractivity contribution >= 4 is 40.4 Å². The van der Waals surface area contributed by atoms with Gasteiger partial charge in [-0.15, -0.1) is 0 Å². The van der Waals surface area contributed by atoms with Gasteiger partial charge in [-0.25, -0.2) is 0 Å². The Bertz CT molecular complexity index is 1330. The molecule has 1 saturated heterocycles. The van der Waals surface area contributed by atoms with Crippen LogP contribution in [-0.2, 0) is 16.1 Å². The van der Waals surface area contributed by atoms with Crippen molar-refractivity contribution in [1.82, 2.24) is 20.7 Å². The second-order valence-corrected chi connectivity index (χ2v) is 7.55. The van der Waals surface area contributed by atoms with Crippen molar-refractivity contribution < 1.29 is 28.5 Å². The number of hydrogen-bond donors (Lipinski definition) is 2. The molecule has 0 spiro atoms. The third kappa shape index (κ3) is 3.13. The fourth-order valence-electron chi connectivity index (χ4n) is 4.08. The topological polar surface area (TPSA) is 139 Å². The SMILES string of the molecule is O=C1CCC(N2Cc3cccc(C(=O)NC(=O)c4onc5ccccc45)c3C2=O)C(=O)N1. The Kier molecular flexibility index (Phi) is 4.54. The molecule has 0 bridgehead atoms. The molecule has 3 heterocycles. The van der Waals surface area contributed by atoms with Gasteiger partial charge in [0.15, 0.2) is 0 Å². The third-order valence-corrected chi connectivity index (χ3v) is 5.61. The number of benzene rings is 2. The summed E-state index contributed by atoms with van der Waals surface area (Å²) in [5.41, 5.74) is 1.18. The molecule has 32 heavy (non-hydrogen) atoms. The van der Waals surface area contributed by atoms with E-state index < -0.39 is 29.7 Å². The molecule has 0 saturated carbocycles. The molecule has 2 N–H and O–H groups in total. The van der Waals surface area contributed by atoms with Crippen LogP contribution in [0.2, 0.25) is 0 Å². The number of aromatic nitrogens is 1. The van der Waals surface area contributed by atoms with E-state index in [1.165, 1.54) is 11.0 Å². The fraction of sp³-hybridized carbons (Fsp3) is 0.182. The van der Waals surface area contributed by atoms with Gasteiger partial charge in [-0.3, -0.25) is 34.6 Å². The molecule has 160 valence electrons. The molecular weight excluding hydrogens is 416 g/mol. The van der Waals surface area contributed by atoms with Gasteiger partial charge in [-0.2, -0.15) is 0 Å². The van der Waals surface area contributed by atoms with E-state index in [1.54, 1.807) is 36.4 Å². The van der Waals surface area contributed by atoms with E-state index in [0.717, 1.165) is 0 Å². The van der Waals surface area contributed by atoms with Crippen LogP contribution in [0.15, 0.2) is 47.0 Å². The summed E-state index contributed by atoms with van der Waals surface area (Å²) in [6, 6.07) is 10.7. The number of carbonyl (C=O) groups is 5. The van der Waals surface area contributed by atoms with E-state index in [-0.39, 0.29) is 42.2 Å². The third-order valence-electron chi connectivity index (χ3n) is 5.61. The molecule has 1 aromatic heterocycles. The Morgan fingerprint density at radius 3 is 2.69 bits per heavy atom. The number of carbonyl (C=O) groups excluding carboxylic acids is 5. The zero-order valence-corrected chi connectivity index (χ0v) is 16.6. The lowest BCUT2D eigenvalue weighted by Crippen LogP contribution is -2.52. The van der Waals surface area contributed by atoms with Crippen LogP contribution in [0.5, 0.6) is 0 Å². The van der Waals surface area contributed by atoms with Crippen molar-refractivity contribution in [1.29, 1.82) is 0 Å². The Balaban J connectivity index is 1.40. The summed E-state index contributed by atoms with van der Waals surface area (Å²) >= 11 is 0. The molecule has 1 fully saturated rings. The van der Waals surface area contributed by atoms with E-state index in [2.05, 4.69) is 15.8 Å². The first-order chi connectivity index (χ1) is 15.4. The van der Waals surface area contributed by atoms with E-state index >= 15 is 0 Å². The standard InChI is InChI=1S/C22H16N4O6/c27-16-9-8-15(20(29)23-16)26-10-11-4-3-6-13(17(11)22(26)31)19(28)24-21(30)18-12-5-1-2-7-14(12)25-32-18/h1-7,15H,8-10H2,(H,23,27,29)(H,24,28,30). The predicted molar refractivity (Wildman–Crippen MR) is 108 cm³/mol. The van der Waals surface area contributed by atoms with Gasteiger partial charge in [0, 0.05) is 13.0 Å². The molecule has 0 radical (unpaired) electrons. The fourth-order valence-corrected chi connectivity index (χ4v) is 4.08. The molecule has 3 aromatic rings. The Morgan fingerprint density at radius 2 is 1.88 bits per heavy atom. The highest BCUT2D eigenvalue weighted by atomic mass is 16.5. The first-order valence-electron chi connectivity index (χ1n) is 9.90. The number of hydrogen-bond acceptors (Lipinski definition) is 7. The average Bonchev–Trinajstić information content (AvgIpc) is 3.35. The Labute approximate surface area is 180 Å². The van der Waals surface area contributed by atoms with E-state index in [1.807, 2.05) is 0 Å². The predicted octanol–water partition coefficient (Wildman–Crippen LogP) is 1.16. The maximum atomic E-state index is 13.1. The van der Waals surface area contributed by atoms with Crippen LogP contribution in [0.25, 0.3) is 10.9 Å². The first kappa shape index (κ1) is 19.6. The molecule has 0 aliphatic carbocycles. The minimum atomic E-state index is -0.800.